The molecule has 0 amide bonds. The Morgan fingerprint density at radius 2 is 1.62 bits per heavy atom. The lowest BCUT2D eigenvalue weighted by Crippen LogP contribution is -2.41. The smallest absolute Gasteiger partial charge is 0.465 e. The maximum atomic E-state index is 13.0. The van der Waals surface area contributed by atoms with Gasteiger partial charge in [0, 0.05) is 0 Å². The molecule has 0 radical (unpaired) electrons. The number of carbonyl (C=O) groups excluding carboxylic acids is 1. The molecule has 0 fully saturated rings. The molecule has 0 aromatic heterocycles. The second-order valence-electron chi connectivity index (χ2n) is 3.56. The fourth-order valence-electron chi connectivity index (χ4n) is 1.17. The first-order valence-electron chi connectivity index (χ1n) is 5.19. The molecule has 0 aliphatic rings. The van der Waals surface area contributed by atoms with E-state index in [4.69, 9.17) is 0 Å². The van der Waals surface area contributed by atoms with E-state index in [0.29, 0.717) is 0 Å². The summed E-state index contributed by atoms with van der Waals surface area (Å²) in [6.45, 7) is 0. The van der Waals surface area contributed by atoms with Gasteiger partial charge in [0.05, 0.1) is 12.7 Å². The van der Waals surface area contributed by atoms with Crippen molar-refractivity contribution < 1.29 is 45.3 Å². The van der Waals surface area contributed by atoms with Gasteiger partial charge in [-0.15, -0.1) is 13.2 Å². The highest BCUT2D eigenvalue weighted by molar-refractivity contribution is 5.89. The van der Waals surface area contributed by atoms with Crippen molar-refractivity contribution in [2.45, 2.75) is 18.8 Å². The molecule has 10 heteroatoms. The normalized spacial score (nSPS) is 13.7. The first-order chi connectivity index (χ1) is 9.55. The summed E-state index contributed by atoms with van der Waals surface area (Å²) < 4.78 is 84.5. The van der Waals surface area contributed by atoms with Crippen LogP contribution in [0.4, 0.5) is 26.3 Å². The Morgan fingerprint density at radius 3 is 2.05 bits per heavy atom. The Morgan fingerprint density at radius 1 is 1.10 bits per heavy atom. The lowest BCUT2D eigenvalue weighted by Gasteiger charge is -2.22. The summed E-state index contributed by atoms with van der Waals surface area (Å²) >= 11 is 0. The van der Waals surface area contributed by atoms with Crippen LogP contribution in [0.15, 0.2) is 24.3 Å². The van der Waals surface area contributed by atoms with Crippen LogP contribution in [0.5, 0.6) is 5.75 Å². The predicted octanol–water partition coefficient (Wildman–Crippen LogP) is 3.28. The Kier molecular flexibility index (Phi) is 5.05. The number of hydrogen-bond acceptors (Lipinski definition) is 4. The molecule has 4 nitrogen and oxygen atoms in total. The van der Waals surface area contributed by atoms with Gasteiger partial charge in [0.1, 0.15) is 5.75 Å². The van der Waals surface area contributed by atoms with Crippen LogP contribution in [0.3, 0.4) is 0 Å². The zero-order chi connectivity index (χ0) is 16.3. The molecule has 1 rings (SSSR count). The van der Waals surface area contributed by atoms with E-state index in [1.807, 2.05) is 0 Å². The van der Waals surface area contributed by atoms with E-state index in [-0.39, 0.29) is 5.56 Å². The number of alkyl halides is 6. The number of benzene rings is 1. The monoisotopic (exact) mass is 318 g/mol. The summed E-state index contributed by atoms with van der Waals surface area (Å²) in [6.07, 6.45) is -14.5. The van der Waals surface area contributed by atoms with Gasteiger partial charge in [-0.1, -0.05) is 0 Å². The maximum Gasteiger partial charge on any atom is 0.525 e. The van der Waals surface area contributed by atoms with Crippen molar-refractivity contribution in [1.82, 2.24) is 0 Å². The van der Waals surface area contributed by atoms with E-state index in [1.54, 1.807) is 0 Å². The Bertz CT molecular complexity index is 484. The second-order valence-corrected chi connectivity index (χ2v) is 3.56. The van der Waals surface area contributed by atoms with Crippen molar-refractivity contribution in [3.63, 3.8) is 0 Å². The van der Waals surface area contributed by atoms with Crippen LogP contribution in [0.1, 0.15) is 10.4 Å². The van der Waals surface area contributed by atoms with Crippen LogP contribution in [0, 0.1) is 0 Å². The quantitative estimate of drug-likeness (QED) is 0.617. The van der Waals surface area contributed by atoms with Crippen molar-refractivity contribution in [2.24, 2.45) is 0 Å². The van der Waals surface area contributed by atoms with Crippen LogP contribution < -0.4 is 4.74 Å². The largest absolute Gasteiger partial charge is 0.525 e. The topological polar surface area (TPSA) is 44.8 Å². The highest BCUT2D eigenvalue weighted by Gasteiger charge is 2.50. The highest BCUT2D eigenvalue weighted by Crippen LogP contribution is 2.31. The molecule has 0 aliphatic heterocycles. The van der Waals surface area contributed by atoms with Crippen molar-refractivity contribution in [3.05, 3.63) is 29.8 Å². The van der Waals surface area contributed by atoms with Gasteiger partial charge >= 0.3 is 24.8 Å². The van der Waals surface area contributed by atoms with Gasteiger partial charge in [0.2, 0.25) is 0 Å². The standard InChI is InChI=1S/C11H8F6O4/c1-19-8(18)6-2-4-7(5-3-6)20-10(13,14)9(12)21-11(15,16)17/h2-5,9H,1H3/t9-/m1/s1. The number of hydrogen-bond donors (Lipinski definition) is 0. The molecule has 0 spiro atoms. The van der Waals surface area contributed by atoms with Gasteiger partial charge in [0.25, 0.3) is 0 Å². The first-order valence-corrected chi connectivity index (χ1v) is 5.19. The van der Waals surface area contributed by atoms with Crippen molar-refractivity contribution >= 4 is 5.97 Å². The number of carbonyl (C=O) groups is 1. The summed E-state index contributed by atoms with van der Waals surface area (Å²) in [5, 5.41) is 0. The fraction of sp³-hybridized carbons (Fsp3) is 0.364. The van der Waals surface area contributed by atoms with Crippen molar-refractivity contribution in [3.8, 4) is 5.75 Å². The molecule has 21 heavy (non-hydrogen) atoms. The number of methoxy groups -OCH3 is 1. The van der Waals surface area contributed by atoms with E-state index < -0.39 is 30.5 Å². The van der Waals surface area contributed by atoms with E-state index in [0.717, 1.165) is 31.4 Å². The Labute approximate surface area is 114 Å². The number of halogens is 6. The van der Waals surface area contributed by atoms with Gasteiger partial charge in [-0.3, -0.25) is 0 Å². The first kappa shape index (κ1) is 17.1. The van der Waals surface area contributed by atoms with E-state index >= 15 is 0 Å². The molecule has 0 aliphatic carbocycles. The maximum absolute atomic E-state index is 13.0. The third-order valence-electron chi connectivity index (χ3n) is 2.03. The van der Waals surface area contributed by atoms with Crippen LogP contribution in [0.25, 0.3) is 0 Å². The van der Waals surface area contributed by atoms with Crippen LogP contribution in [0.2, 0.25) is 0 Å². The lowest BCUT2D eigenvalue weighted by atomic mass is 10.2. The minimum atomic E-state index is -5.58. The minimum absolute atomic E-state index is 0.0171. The highest BCUT2D eigenvalue weighted by atomic mass is 19.4. The Hall–Kier alpha value is -1.97. The van der Waals surface area contributed by atoms with Crippen molar-refractivity contribution in [1.29, 1.82) is 0 Å². The second kappa shape index (κ2) is 6.20. The molecule has 0 N–H and O–H groups in total. The average molecular weight is 318 g/mol. The molecule has 0 saturated carbocycles. The van der Waals surface area contributed by atoms with Gasteiger partial charge in [-0.05, 0) is 24.3 Å². The van der Waals surface area contributed by atoms with E-state index in [1.165, 1.54) is 0 Å². The minimum Gasteiger partial charge on any atom is -0.465 e. The van der Waals surface area contributed by atoms with Gasteiger partial charge in [-0.25, -0.2) is 13.9 Å². The summed E-state index contributed by atoms with van der Waals surface area (Å²) in [5.74, 6) is -1.43. The molecule has 1 atom stereocenters. The Balaban J connectivity index is 2.77. The SMILES string of the molecule is COC(=O)c1ccc(OC(F)(F)[C@H](F)OC(F)(F)F)cc1. The zero-order valence-corrected chi connectivity index (χ0v) is 10.3. The molecule has 0 bridgehead atoms. The lowest BCUT2D eigenvalue weighted by molar-refractivity contribution is -0.411. The van der Waals surface area contributed by atoms with E-state index in [9.17, 15) is 31.1 Å². The van der Waals surface area contributed by atoms with Crippen molar-refractivity contribution in [2.75, 3.05) is 7.11 Å². The molecule has 1 aromatic carbocycles. The van der Waals surface area contributed by atoms with E-state index in [2.05, 4.69) is 14.2 Å². The molecular weight excluding hydrogens is 310 g/mol. The molecule has 118 valence electrons. The fourth-order valence-corrected chi connectivity index (χ4v) is 1.17. The molecule has 0 heterocycles. The number of esters is 1. The third kappa shape index (κ3) is 5.14. The number of ether oxygens (including phenoxy) is 3. The summed E-state index contributed by atoms with van der Waals surface area (Å²) in [5.41, 5.74) is -0.0171. The van der Waals surface area contributed by atoms with Crippen LogP contribution >= 0.6 is 0 Å². The number of rotatable bonds is 5. The third-order valence-corrected chi connectivity index (χ3v) is 2.03. The van der Waals surface area contributed by atoms with Gasteiger partial charge in [0.15, 0.2) is 0 Å². The molecule has 0 unspecified atom stereocenters. The summed E-state index contributed by atoms with van der Waals surface area (Å²) in [4.78, 5) is 11.1. The zero-order valence-electron chi connectivity index (χ0n) is 10.3. The molecular formula is C11H8F6O4. The van der Waals surface area contributed by atoms with Crippen LogP contribution in [-0.4, -0.2) is 31.9 Å². The predicted molar refractivity (Wildman–Crippen MR) is 55.4 cm³/mol. The average Bonchev–Trinajstić information content (AvgIpc) is 2.36. The summed E-state index contributed by atoms with van der Waals surface area (Å²) in [7, 11) is 1.09. The molecule has 1 aromatic rings. The van der Waals surface area contributed by atoms with Crippen LogP contribution in [-0.2, 0) is 9.47 Å². The summed E-state index contributed by atoms with van der Waals surface area (Å²) in [6, 6.07) is 3.69. The molecule has 0 saturated heterocycles. The van der Waals surface area contributed by atoms with Gasteiger partial charge in [-0.2, -0.15) is 8.78 Å². The van der Waals surface area contributed by atoms with Gasteiger partial charge < -0.3 is 9.47 Å².